The molecule has 1 saturated heterocycles. The quantitative estimate of drug-likeness (QED) is 0.375. The first kappa shape index (κ1) is 13.2. The Balaban J connectivity index is 2.03. The van der Waals surface area contributed by atoms with E-state index in [0.717, 1.165) is 29.4 Å². The van der Waals surface area contributed by atoms with E-state index in [-0.39, 0.29) is 5.84 Å². The largest absolute Gasteiger partial charge is 0.409 e. The molecule has 3 rings (SSSR count). The number of fused-ring (bicyclic) bond motifs is 1. The lowest BCUT2D eigenvalue weighted by Gasteiger charge is -2.39. The topological polar surface area (TPSA) is 74.7 Å². The van der Waals surface area contributed by atoms with Crippen LogP contribution in [0.15, 0.2) is 17.4 Å². The average Bonchev–Trinajstić information content (AvgIpc) is 2.94. The van der Waals surface area contributed by atoms with Crippen molar-refractivity contribution in [3.63, 3.8) is 0 Å². The van der Waals surface area contributed by atoms with Crippen molar-refractivity contribution in [1.29, 1.82) is 0 Å². The van der Waals surface area contributed by atoms with Crippen LogP contribution >= 0.6 is 0 Å². The third-order valence-corrected chi connectivity index (χ3v) is 4.77. The zero-order valence-corrected chi connectivity index (χ0v) is 11.9. The minimum Gasteiger partial charge on any atom is -0.409 e. The van der Waals surface area contributed by atoms with Gasteiger partial charge in [-0.05, 0) is 50.2 Å². The van der Waals surface area contributed by atoms with E-state index in [9.17, 15) is 0 Å². The van der Waals surface area contributed by atoms with Crippen molar-refractivity contribution in [2.45, 2.75) is 45.1 Å². The zero-order chi connectivity index (χ0) is 14.1. The Hall–Kier alpha value is -1.78. The van der Waals surface area contributed by atoms with E-state index in [2.05, 4.69) is 15.0 Å². The Bertz CT molecular complexity index is 529. The number of oxime groups is 1. The van der Waals surface area contributed by atoms with Gasteiger partial charge in [0.1, 0.15) is 5.82 Å². The maximum absolute atomic E-state index is 9.04. The van der Waals surface area contributed by atoms with Crippen LogP contribution in [0.4, 0.5) is 5.82 Å². The first-order valence-corrected chi connectivity index (χ1v) is 7.42. The molecule has 2 fully saturated rings. The maximum atomic E-state index is 9.04. The molecule has 1 aliphatic carbocycles. The molecule has 0 amide bonds. The summed E-state index contributed by atoms with van der Waals surface area (Å²) in [7, 11) is 0. The van der Waals surface area contributed by atoms with Gasteiger partial charge < -0.3 is 15.8 Å². The number of pyridine rings is 1. The van der Waals surface area contributed by atoms with E-state index in [1.54, 1.807) is 0 Å². The summed E-state index contributed by atoms with van der Waals surface area (Å²) in [6.07, 6.45) is 8.20. The maximum Gasteiger partial charge on any atom is 0.174 e. The van der Waals surface area contributed by atoms with E-state index < -0.39 is 0 Å². The number of amidine groups is 1. The molecule has 1 aliphatic heterocycles. The highest BCUT2D eigenvalue weighted by atomic mass is 16.4. The lowest BCUT2D eigenvalue weighted by molar-refractivity contribution is 0.318. The van der Waals surface area contributed by atoms with E-state index in [4.69, 9.17) is 10.9 Å². The highest BCUT2D eigenvalue weighted by Crippen LogP contribution is 2.39. The van der Waals surface area contributed by atoms with Crippen molar-refractivity contribution in [3.8, 4) is 0 Å². The van der Waals surface area contributed by atoms with Crippen molar-refractivity contribution in [3.05, 3.63) is 23.4 Å². The fourth-order valence-electron chi connectivity index (χ4n) is 3.85. The molecule has 2 aliphatic rings. The molecule has 0 radical (unpaired) electrons. The molecule has 1 aromatic heterocycles. The third kappa shape index (κ3) is 2.11. The lowest BCUT2D eigenvalue weighted by atomic mass is 9.91. The van der Waals surface area contributed by atoms with Crippen molar-refractivity contribution in [2.75, 3.05) is 11.4 Å². The Kier molecular flexibility index (Phi) is 3.51. The fraction of sp³-hybridized carbons (Fsp3) is 0.600. The van der Waals surface area contributed by atoms with Crippen molar-refractivity contribution in [1.82, 2.24) is 4.98 Å². The minimum atomic E-state index is 0.158. The Morgan fingerprint density at radius 3 is 3.00 bits per heavy atom. The molecule has 1 saturated carbocycles. The molecule has 0 spiro atoms. The molecule has 20 heavy (non-hydrogen) atoms. The summed E-state index contributed by atoms with van der Waals surface area (Å²) in [5.74, 6) is 1.83. The lowest BCUT2D eigenvalue weighted by Crippen LogP contribution is -2.44. The van der Waals surface area contributed by atoms with Crippen molar-refractivity contribution in [2.24, 2.45) is 16.8 Å². The second-order valence-electron chi connectivity index (χ2n) is 5.91. The summed E-state index contributed by atoms with van der Waals surface area (Å²) < 4.78 is 0. The summed E-state index contributed by atoms with van der Waals surface area (Å²) in [5, 5.41) is 12.2. The summed E-state index contributed by atoms with van der Waals surface area (Å²) in [6, 6.07) is 2.48. The van der Waals surface area contributed by atoms with Gasteiger partial charge in [0.2, 0.25) is 0 Å². The number of hydrogen-bond acceptors (Lipinski definition) is 4. The molecule has 5 heteroatoms. The summed E-state index contributed by atoms with van der Waals surface area (Å²) in [5.41, 5.74) is 7.66. The third-order valence-electron chi connectivity index (χ3n) is 4.77. The number of piperidine rings is 1. The molecule has 2 unspecified atom stereocenters. The standard InChI is InChI=1S/C15H22N4O/c1-10-7-8-17-15(13(10)14(16)18-20)19-9-3-5-11-4-2-6-12(11)19/h7-8,11-12,20H,2-6,9H2,1H3,(H2,16,18). The van der Waals surface area contributed by atoms with Crippen molar-refractivity contribution >= 4 is 11.7 Å². The normalized spacial score (nSPS) is 26.6. The average molecular weight is 274 g/mol. The number of aryl methyl sites for hydroxylation is 1. The van der Waals surface area contributed by atoms with Gasteiger partial charge in [0, 0.05) is 18.8 Å². The van der Waals surface area contributed by atoms with E-state index >= 15 is 0 Å². The Morgan fingerprint density at radius 1 is 1.40 bits per heavy atom. The monoisotopic (exact) mass is 274 g/mol. The second-order valence-corrected chi connectivity index (χ2v) is 5.91. The van der Waals surface area contributed by atoms with Gasteiger partial charge in [-0.1, -0.05) is 11.6 Å². The molecule has 5 nitrogen and oxygen atoms in total. The summed E-state index contributed by atoms with van der Waals surface area (Å²) in [6.45, 7) is 3.00. The van der Waals surface area contributed by atoms with Crippen LogP contribution in [-0.2, 0) is 0 Å². The number of aromatic nitrogens is 1. The number of anilines is 1. The van der Waals surface area contributed by atoms with E-state index in [1.807, 2.05) is 19.2 Å². The highest BCUT2D eigenvalue weighted by Gasteiger charge is 2.36. The smallest absolute Gasteiger partial charge is 0.174 e. The molecule has 2 heterocycles. The SMILES string of the molecule is Cc1ccnc(N2CCCC3CCCC32)c1/C(N)=N/O. The van der Waals surface area contributed by atoms with Crippen LogP contribution in [0, 0.1) is 12.8 Å². The van der Waals surface area contributed by atoms with Crippen LogP contribution in [0.25, 0.3) is 0 Å². The molecule has 1 aromatic rings. The predicted octanol–water partition coefficient (Wildman–Crippen LogP) is 2.25. The van der Waals surface area contributed by atoms with Crippen LogP contribution in [0.5, 0.6) is 0 Å². The van der Waals surface area contributed by atoms with Crippen LogP contribution < -0.4 is 10.6 Å². The predicted molar refractivity (Wildman–Crippen MR) is 79.2 cm³/mol. The molecular weight excluding hydrogens is 252 g/mol. The number of nitrogens with zero attached hydrogens (tertiary/aromatic N) is 3. The van der Waals surface area contributed by atoms with Gasteiger partial charge in [-0.15, -0.1) is 0 Å². The number of hydrogen-bond donors (Lipinski definition) is 2. The van der Waals surface area contributed by atoms with Crippen LogP contribution in [0.1, 0.15) is 43.2 Å². The van der Waals surface area contributed by atoms with Gasteiger partial charge in [0.25, 0.3) is 0 Å². The fourth-order valence-corrected chi connectivity index (χ4v) is 3.85. The molecular formula is C15H22N4O. The van der Waals surface area contributed by atoms with Gasteiger partial charge in [-0.2, -0.15) is 0 Å². The molecule has 3 N–H and O–H groups in total. The Morgan fingerprint density at radius 2 is 2.20 bits per heavy atom. The van der Waals surface area contributed by atoms with Gasteiger partial charge in [-0.25, -0.2) is 4.98 Å². The van der Waals surface area contributed by atoms with E-state index in [0.29, 0.717) is 6.04 Å². The second kappa shape index (κ2) is 5.31. The number of nitrogens with two attached hydrogens (primary N) is 1. The Labute approximate surface area is 119 Å². The first-order valence-electron chi connectivity index (χ1n) is 7.42. The van der Waals surface area contributed by atoms with Crippen LogP contribution in [0.3, 0.4) is 0 Å². The van der Waals surface area contributed by atoms with Gasteiger partial charge in [0.15, 0.2) is 5.84 Å². The molecule has 108 valence electrons. The summed E-state index contributed by atoms with van der Waals surface area (Å²) in [4.78, 5) is 6.94. The van der Waals surface area contributed by atoms with Crippen LogP contribution in [-0.4, -0.2) is 28.6 Å². The first-order chi connectivity index (χ1) is 9.72. The van der Waals surface area contributed by atoms with Crippen molar-refractivity contribution < 1.29 is 5.21 Å². The van der Waals surface area contributed by atoms with Gasteiger partial charge in [-0.3, -0.25) is 0 Å². The summed E-state index contributed by atoms with van der Waals surface area (Å²) >= 11 is 0. The molecule has 0 bridgehead atoms. The van der Waals surface area contributed by atoms with Crippen LogP contribution in [0.2, 0.25) is 0 Å². The highest BCUT2D eigenvalue weighted by molar-refractivity contribution is 6.02. The molecule has 2 atom stereocenters. The van der Waals surface area contributed by atoms with Gasteiger partial charge >= 0.3 is 0 Å². The number of rotatable bonds is 2. The van der Waals surface area contributed by atoms with E-state index in [1.165, 1.54) is 32.1 Å². The zero-order valence-electron chi connectivity index (χ0n) is 11.9. The van der Waals surface area contributed by atoms with Gasteiger partial charge in [0.05, 0.1) is 5.56 Å². The minimum absolute atomic E-state index is 0.158. The molecule has 0 aromatic carbocycles.